The average molecular weight is 379 g/mol. The van der Waals surface area contributed by atoms with E-state index in [9.17, 15) is 14.4 Å². The fourth-order valence-electron chi connectivity index (χ4n) is 3.61. The molecule has 3 amide bonds. The molecule has 0 N–H and O–H groups in total. The molecule has 1 atom stereocenters. The van der Waals surface area contributed by atoms with Gasteiger partial charge in [0.05, 0.1) is 18.7 Å². The molecule has 1 saturated heterocycles. The molecule has 7 heteroatoms. The first kappa shape index (κ1) is 18.3. The van der Waals surface area contributed by atoms with Gasteiger partial charge in [-0.2, -0.15) is 0 Å². The van der Waals surface area contributed by atoms with Gasteiger partial charge in [0, 0.05) is 25.7 Å². The molecule has 144 valence electrons. The van der Waals surface area contributed by atoms with Gasteiger partial charge in [0.1, 0.15) is 11.8 Å². The average Bonchev–Trinajstić information content (AvgIpc) is 2.99. The maximum atomic E-state index is 12.6. The van der Waals surface area contributed by atoms with Crippen LogP contribution in [0.4, 0.5) is 0 Å². The van der Waals surface area contributed by atoms with Gasteiger partial charge in [-0.15, -0.1) is 0 Å². The van der Waals surface area contributed by atoms with E-state index in [1.165, 1.54) is 11.1 Å². The van der Waals surface area contributed by atoms with Crippen molar-refractivity contribution in [2.75, 3.05) is 26.2 Å². The van der Waals surface area contributed by atoms with Crippen molar-refractivity contribution in [3.8, 4) is 0 Å². The van der Waals surface area contributed by atoms with Gasteiger partial charge >= 0.3 is 0 Å². The lowest BCUT2D eigenvalue weighted by Crippen LogP contribution is -2.42. The number of nitrogens with zero attached hydrogens (tertiary/aromatic N) is 3. The Morgan fingerprint density at radius 1 is 1.11 bits per heavy atom. The predicted octanol–water partition coefficient (Wildman–Crippen LogP) is 2.06. The third-order valence-electron chi connectivity index (χ3n) is 5.09. The molecule has 0 aliphatic carbocycles. The van der Waals surface area contributed by atoms with Crippen LogP contribution in [0.5, 0.6) is 0 Å². The van der Waals surface area contributed by atoms with E-state index >= 15 is 0 Å². The fraction of sp³-hybridized carbons (Fsp3) is 0.333. The highest BCUT2D eigenvalue weighted by Crippen LogP contribution is 2.23. The Kier molecular flexibility index (Phi) is 5.16. The minimum Gasteiger partial charge on any atom is -0.370 e. The van der Waals surface area contributed by atoms with Crippen molar-refractivity contribution < 1.29 is 19.1 Å². The molecular formula is C21H21N3O4. The van der Waals surface area contributed by atoms with E-state index in [-0.39, 0.29) is 42.5 Å². The molecule has 7 nitrogen and oxygen atoms in total. The van der Waals surface area contributed by atoms with E-state index in [1.807, 2.05) is 30.3 Å². The number of imide groups is 1. The monoisotopic (exact) mass is 379 g/mol. The van der Waals surface area contributed by atoms with Gasteiger partial charge in [-0.25, -0.2) is 0 Å². The number of carbonyl (C=O) groups excluding carboxylic acids is 3. The van der Waals surface area contributed by atoms with E-state index in [0.29, 0.717) is 31.7 Å². The molecule has 1 aromatic carbocycles. The molecular weight excluding hydrogens is 358 g/mol. The zero-order chi connectivity index (χ0) is 19.5. The number of hydrogen-bond acceptors (Lipinski definition) is 5. The second-order valence-electron chi connectivity index (χ2n) is 6.87. The Morgan fingerprint density at radius 2 is 1.93 bits per heavy atom. The lowest BCUT2D eigenvalue weighted by Gasteiger charge is -2.33. The molecule has 0 radical (unpaired) electrons. The van der Waals surface area contributed by atoms with Crippen molar-refractivity contribution in [2.45, 2.75) is 18.9 Å². The van der Waals surface area contributed by atoms with E-state index in [0.717, 1.165) is 5.56 Å². The summed E-state index contributed by atoms with van der Waals surface area (Å²) < 4.78 is 5.80. The summed E-state index contributed by atoms with van der Waals surface area (Å²) in [7, 11) is 0. The van der Waals surface area contributed by atoms with Crippen LogP contribution in [-0.2, 0) is 9.53 Å². The number of aromatic nitrogens is 1. The summed E-state index contributed by atoms with van der Waals surface area (Å²) in [5.74, 6) is -0.710. The van der Waals surface area contributed by atoms with E-state index in [4.69, 9.17) is 4.74 Å². The summed E-state index contributed by atoms with van der Waals surface area (Å²) in [6.45, 7) is 1.78. The van der Waals surface area contributed by atoms with Crippen molar-refractivity contribution >= 4 is 17.7 Å². The van der Waals surface area contributed by atoms with Crippen LogP contribution >= 0.6 is 0 Å². The van der Waals surface area contributed by atoms with Crippen LogP contribution in [0.1, 0.15) is 45.4 Å². The molecule has 2 aliphatic heterocycles. The van der Waals surface area contributed by atoms with Crippen LogP contribution in [0.2, 0.25) is 0 Å². The second-order valence-corrected chi connectivity index (χ2v) is 6.87. The van der Waals surface area contributed by atoms with Crippen LogP contribution in [-0.4, -0.2) is 58.7 Å². The standard InChI is InChI=1S/C21H21N3O4/c25-18(23-12-13-28-17(14-23)15-6-2-1-3-7-15)9-5-11-24-20(26)16-8-4-10-22-19(16)21(24)27/h1-4,6-8,10,17H,5,9,11-14H2/t17-/m0/s1. The third kappa shape index (κ3) is 3.53. The summed E-state index contributed by atoms with van der Waals surface area (Å²) in [4.78, 5) is 44.2. The number of rotatable bonds is 5. The van der Waals surface area contributed by atoms with Gasteiger partial charge in [0.25, 0.3) is 11.8 Å². The first-order chi connectivity index (χ1) is 13.6. The zero-order valence-corrected chi connectivity index (χ0v) is 15.4. The molecule has 2 aliphatic rings. The molecule has 3 heterocycles. The Bertz CT molecular complexity index is 865. The first-order valence-corrected chi connectivity index (χ1v) is 9.40. The number of pyridine rings is 1. The third-order valence-corrected chi connectivity index (χ3v) is 5.09. The maximum absolute atomic E-state index is 12.6. The number of amides is 3. The smallest absolute Gasteiger partial charge is 0.280 e. The highest BCUT2D eigenvalue weighted by Gasteiger charge is 2.36. The zero-order valence-electron chi connectivity index (χ0n) is 15.4. The molecule has 0 saturated carbocycles. The van der Waals surface area contributed by atoms with E-state index < -0.39 is 0 Å². The van der Waals surface area contributed by atoms with Gasteiger partial charge < -0.3 is 9.64 Å². The van der Waals surface area contributed by atoms with Crippen molar-refractivity contribution in [3.05, 3.63) is 65.5 Å². The van der Waals surface area contributed by atoms with Gasteiger partial charge in [-0.1, -0.05) is 30.3 Å². The lowest BCUT2D eigenvalue weighted by molar-refractivity contribution is -0.139. The summed E-state index contributed by atoms with van der Waals surface area (Å²) in [6, 6.07) is 13.1. The summed E-state index contributed by atoms with van der Waals surface area (Å²) in [5, 5.41) is 0. The van der Waals surface area contributed by atoms with Gasteiger partial charge in [0.15, 0.2) is 0 Å². The van der Waals surface area contributed by atoms with Crippen LogP contribution in [0, 0.1) is 0 Å². The highest BCUT2D eigenvalue weighted by atomic mass is 16.5. The van der Waals surface area contributed by atoms with E-state index in [2.05, 4.69) is 4.98 Å². The summed E-state index contributed by atoms with van der Waals surface area (Å²) >= 11 is 0. The first-order valence-electron chi connectivity index (χ1n) is 9.40. The van der Waals surface area contributed by atoms with Gasteiger partial charge in [-0.3, -0.25) is 24.3 Å². The van der Waals surface area contributed by atoms with Crippen molar-refractivity contribution in [2.24, 2.45) is 0 Å². The number of morpholine rings is 1. The lowest BCUT2D eigenvalue weighted by atomic mass is 10.1. The number of benzene rings is 1. The molecule has 4 rings (SSSR count). The minimum atomic E-state index is -0.386. The number of fused-ring (bicyclic) bond motifs is 1. The highest BCUT2D eigenvalue weighted by molar-refractivity contribution is 6.20. The Morgan fingerprint density at radius 3 is 2.71 bits per heavy atom. The van der Waals surface area contributed by atoms with Crippen molar-refractivity contribution in [3.63, 3.8) is 0 Å². The van der Waals surface area contributed by atoms with E-state index in [1.54, 1.807) is 17.0 Å². The van der Waals surface area contributed by atoms with Crippen LogP contribution in [0.15, 0.2) is 48.7 Å². The Balaban J connectivity index is 1.30. The second kappa shape index (κ2) is 7.90. The van der Waals surface area contributed by atoms with Crippen molar-refractivity contribution in [1.29, 1.82) is 0 Å². The van der Waals surface area contributed by atoms with Crippen LogP contribution in [0.3, 0.4) is 0 Å². The van der Waals surface area contributed by atoms with Crippen LogP contribution in [0.25, 0.3) is 0 Å². The minimum absolute atomic E-state index is 0.0129. The molecule has 2 aromatic rings. The van der Waals surface area contributed by atoms with Crippen LogP contribution < -0.4 is 0 Å². The van der Waals surface area contributed by atoms with Crippen molar-refractivity contribution in [1.82, 2.24) is 14.8 Å². The SMILES string of the molecule is O=C(CCCN1C(=O)c2cccnc2C1=O)N1CCO[C@H](c2ccccc2)C1. The van der Waals surface area contributed by atoms with Gasteiger partial charge in [0.2, 0.25) is 5.91 Å². The number of carbonyl (C=O) groups is 3. The summed E-state index contributed by atoms with van der Waals surface area (Å²) in [6.07, 6.45) is 2.08. The fourth-order valence-corrected chi connectivity index (χ4v) is 3.61. The Hall–Kier alpha value is -3.06. The summed E-state index contributed by atoms with van der Waals surface area (Å²) in [5.41, 5.74) is 1.58. The normalized spacial score (nSPS) is 19.1. The molecule has 0 unspecified atom stereocenters. The molecule has 1 fully saturated rings. The Labute approximate surface area is 162 Å². The number of ether oxygens (including phenoxy) is 1. The topological polar surface area (TPSA) is 79.8 Å². The molecule has 0 spiro atoms. The van der Waals surface area contributed by atoms with Gasteiger partial charge in [-0.05, 0) is 24.1 Å². The largest absolute Gasteiger partial charge is 0.370 e. The maximum Gasteiger partial charge on any atom is 0.280 e. The molecule has 28 heavy (non-hydrogen) atoms. The quantitative estimate of drug-likeness (QED) is 0.743. The predicted molar refractivity (Wildman–Crippen MR) is 101 cm³/mol. The number of hydrogen-bond donors (Lipinski definition) is 0. The molecule has 1 aromatic heterocycles. The molecule has 0 bridgehead atoms.